The molecule has 0 aromatic rings. The van der Waals surface area contributed by atoms with E-state index < -0.39 is 0 Å². The van der Waals surface area contributed by atoms with Crippen molar-refractivity contribution in [3.63, 3.8) is 0 Å². The van der Waals surface area contributed by atoms with Gasteiger partial charge < -0.3 is 5.11 Å². The van der Waals surface area contributed by atoms with Crippen LogP contribution in [0, 0.1) is 0 Å². The summed E-state index contributed by atoms with van der Waals surface area (Å²) in [6.45, 7) is 6.56. The van der Waals surface area contributed by atoms with Gasteiger partial charge in [-0.25, -0.2) is 0 Å². The molecule has 0 saturated heterocycles. The van der Waals surface area contributed by atoms with E-state index in [1.165, 1.54) is 0 Å². The van der Waals surface area contributed by atoms with E-state index in [0.717, 1.165) is 0 Å². The summed E-state index contributed by atoms with van der Waals surface area (Å²) in [5.41, 5.74) is 0. The van der Waals surface area contributed by atoms with Crippen LogP contribution >= 0.6 is 11.8 Å². The molecule has 1 nitrogen and oxygen atoms in total. The SMILES string of the molecule is CC(C)(C)S/C=C\CO. The average molecular weight is 146 g/mol. The Morgan fingerprint density at radius 1 is 1.44 bits per heavy atom. The molecule has 0 amide bonds. The monoisotopic (exact) mass is 146 g/mol. The Labute approximate surface area is 61.2 Å². The first-order valence-corrected chi connectivity index (χ1v) is 3.88. The molecule has 0 spiro atoms. The second-order valence-corrected chi connectivity index (χ2v) is 4.52. The van der Waals surface area contributed by atoms with Crippen LogP contribution in [-0.2, 0) is 0 Å². The van der Waals surface area contributed by atoms with Gasteiger partial charge in [-0.05, 0) is 5.41 Å². The van der Waals surface area contributed by atoms with Crippen LogP contribution in [0.4, 0.5) is 0 Å². The minimum absolute atomic E-state index is 0.142. The van der Waals surface area contributed by atoms with Gasteiger partial charge in [0, 0.05) is 4.75 Å². The summed E-state index contributed by atoms with van der Waals surface area (Å²) in [7, 11) is 0. The molecule has 9 heavy (non-hydrogen) atoms. The molecule has 0 fully saturated rings. The normalized spacial score (nSPS) is 12.9. The molecule has 0 aliphatic carbocycles. The van der Waals surface area contributed by atoms with Gasteiger partial charge in [0.25, 0.3) is 0 Å². The highest BCUT2D eigenvalue weighted by Gasteiger charge is 2.06. The first-order chi connectivity index (χ1) is 4.06. The van der Waals surface area contributed by atoms with Gasteiger partial charge in [0.1, 0.15) is 0 Å². The Hall–Kier alpha value is 0.0500. The molecule has 2 heteroatoms. The lowest BCUT2D eigenvalue weighted by atomic mass is 10.3. The van der Waals surface area contributed by atoms with Crippen molar-refractivity contribution in [2.24, 2.45) is 0 Å². The molecule has 0 bridgehead atoms. The highest BCUT2D eigenvalue weighted by atomic mass is 32.2. The number of aliphatic hydroxyl groups is 1. The van der Waals surface area contributed by atoms with Crippen LogP contribution in [0.2, 0.25) is 0 Å². The molecule has 0 unspecified atom stereocenters. The second kappa shape index (κ2) is 3.96. The quantitative estimate of drug-likeness (QED) is 0.643. The lowest BCUT2D eigenvalue weighted by Crippen LogP contribution is -2.04. The van der Waals surface area contributed by atoms with E-state index >= 15 is 0 Å². The maximum atomic E-state index is 8.36. The summed E-state index contributed by atoms with van der Waals surface area (Å²) in [6, 6.07) is 0. The second-order valence-electron chi connectivity index (χ2n) is 2.78. The van der Waals surface area contributed by atoms with Crippen molar-refractivity contribution in [1.82, 2.24) is 0 Å². The lowest BCUT2D eigenvalue weighted by molar-refractivity contribution is 0.343. The van der Waals surface area contributed by atoms with Gasteiger partial charge in [-0.3, -0.25) is 0 Å². The van der Waals surface area contributed by atoms with Gasteiger partial charge in [0.2, 0.25) is 0 Å². The van der Waals surface area contributed by atoms with E-state index in [2.05, 4.69) is 20.8 Å². The summed E-state index contributed by atoms with van der Waals surface area (Å²) in [6.07, 6.45) is 1.75. The fourth-order valence-electron chi connectivity index (χ4n) is 0.295. The van der Waals surface area contributed by atoms with Crippen LogP contribution in [0.3, 0.4) is 0 Å². The Bertz CT molecular complexity index is 91.6. The Kier molecular flexibility index (Phi) is 3.98. The minimum atomic E-state index is 0.142. The summed E-state index contributed by atoms with van der Waals surface area (Å²) < 4.78 is 0.270. The molecule has 0 aromatic heterocycles. The zero-order valence-corrected chi connectivity index (χ0v) is 7.03. The van der Waals surface area contributed by atoms with E-state index in [-0.39, 0.29) is 11.4 Å². The summed E-state index contributed by atoms with van der Waals surface area (Å²) in [5.74, 6) is 0. The zero-order valence-electron chi connectivity index (χ0n) is 6.22. The van der Waals surface area contributed by atoms with Crippen LogP contribution in [0.15, 0.2) is 11.5 Å². The van der Waals surface area contributed by atoms with Crippen molar-refractivity contribution in [3.8, 4) is 0 Å². The highest BCUT2D eigenvalue weighted by Crippen LogP contribution is 2.23. The molecule has 0 heterocycles. The Morgan fingerprint density at radius 3 is 2.33 bits per heavy atom. The smallest absolute Gasteiger partial charge is 0.0620 e. The van der Waals surface area contributed by atoms with Gasteiger partial charge in [-0.1, -0.05) is 26.8 Å². The minimum Gasteiger partial charge on any atom is -0.392 e. The van der Waals surface area contributed by atoms with Crippen molar-refractivity contribution in [2.75, 3.05) is 6.61 Å². The van der Waals surface area contributed by atoms with Crippen LogP contribution in [-0.4, -0.2) is 16.5 Å². The molecule has 0 radical (unpaired) electrons. The van der Waals surface area contributed by atoms with Gasteiger partial charge >= 0.3 is 0 Å². The van der Waals surface area contributed by atoms with Crippen molar-refractivity contribution < 1.29 is 5.11 Å². The van der Waals surface area contributed by atoms with Crippen molar-refractivity contribution in [1.29, 1.82) is 0 Å². The summed E-state index contributed by atoms with van der Waals surface area (Å²) >= 11 is 1.72. The Balaban J connectivity index is 3.38. The molecule has 0 aliphatic rings. The molecule has 0 saturated carbocycles. The third-order valence-electron chi connectivity index (χ3n) is 0.623. The standard InChI is InChI=1S/C7H14OS/c1-7(2,3)9-6-4-5-8/h4,6,8H,5H2,1-3H3/b6-4-. The van der Waals surface area contributed by atoms with Gasteiger partial charge in [-0.2, -0.15) is 0 Å². The number of aliphatic hydroxyl groups excluding tert-OH is 1. The predicted molar refractivity (Wildman–Crippen MR) is 43.6 cm³/mol. The third-order valence-corrected chi connectivity index (χ3v) is 1.66. The van der Waals surface area contributed by atoms with E-state index in [4.69, 9.17) is 5.11 Å². The molecular formula is C7H14OS. The number of hydrogen-bond donors (Lipinski definition) is 1. The first-order valence-electron chi connectivity index (χ1n) is 3.00. The molecular weight excluding hydrogens is 132 g/mol. The zero-order chi connectivity index (χ0) is 7.33. The van der Waals surface area contributed by atoms with Crippen molar-refractivity contribution >= 4 is 11.8 Å². The molecule has 0 rings (SSSR count). The van der Waals surface area contributed by atoms with Crippen LogP contribution in [0.1, 0.15) is 20.8 Å². The molecule has 0 aliphatic heterocycles. The van der Waals surface area contributed by atoms with E-state index in [1.807, 2.05) is 5.41 Å². The van der Waals surface area contributed by atoms with Crippen molar-refractivity contribution in [2.45, 2.75) is 25.5 Å². The number of hydrogen-bond acceptors (Lipinski definition) is 2. The van der Waals surface area contributed by atoms with Gasteiger partial charge in [0.15, 0.2) is 0 Å². The van der Waals surface area contributed by atoms with E-state index in [9.17, 15) is 0 Å². The highest BCUT2D eigenvalue weighted by molar-refractivity contribution is 8.03. The van der Waals surface area contributed by atoms with Gasteiger partial charge in [-0.15, -0.1) is 11.8 Å². The Morgan fingerprint density at radius 2 is 2.00 bits per heavy atom. The number of rotatable bonds is 2. The molecule has 1 N–H and O–H groups in total. The van der Waals surface area contributed by atoms with Gasteiger partial charge in [0.05, 0.1) is 6.61 Å². The predicted octanol–water partition coefficient (Wildman–Crippen LogP) is 2.02. The molecule has 0 aromatic carbocycles. The number of thioether (sulfide) groups is 1. The molecule has 0 atom stereocenters. The largest absolute Gasteiger partial charge is 0.392 e. The first kappa shape index (κ1) is 9.05. The third kappa shape index (κ3) is 8.05. The van der Waals surface area contributed by atoms with E-state index in [0.29, 0.717) is 0 Å². The topological polar surface area (TPSA) is 20.2 Å². The summed E-state index contributed by atoms with van der Waals surface area (Å²) in [5, 5.41) is 10.3. The van der Waals surface area contributed by atoms with Crippen LogP contribution < -0.4 is 0 Å². The maximum Gasteiger partial charge on any atom is 0.0620 e. The fraction of sp³-hybridized carbons (Fsp3) is 0.714. The van der Waals surface area contributed by atoms with Crippen molar-refractivity contribution in [3.05, 3.63) is 11.5 Å². The van der Waals surface area contributed by atoms with Crippen LogP contribution in [0.5, 0.6) is 0 Å². The summed E-state index contributed by atoms with van der Waals surface area (Å²) in [4.78, 5) is 0. The molecule has 54 valence electrons. The fourth-order valence-corrected chi connectivity index (χ4v) is 0.886. The maximum absolute atomic E-state index is 8.36. The van der Waals surface area contributed by atoms with E-state index in [1.54, 1.807) is 17.8 Å². The average Bonchev–Trinajstić information content (AvgIpc) is 1.63. The lowest BCUT2D eigenvalue weighted by Gasteiger charge is -2.13. The van der Waals surface area contributed by atoms with Crippen LogP contribution in [0.25, 0.3) is 0 Å².